The SMILES string of the molecule is COC[C@H]1CN(c2ncc(C#Cc3ccc(-n4ccnc4)nc3)cn2)CCN1. The second-order valence-electron chi connectivity index (χ2n) is 6.45. The van der Waals surface area contributed by atoms with Gasteiger partial charge in [0.25, 0.3) is 0 Å². The van der Waals surface area contributed by atoms with Crippen LogP contribution in [0.25, 0.3) is 5.82 Å². The molecule has 1 saturated heterocycles. The molecular formula is C20H21N7O. The van der Waals surface area contributed by atoms with E-state index in [1.807, 2.05) is 22.9 Å². The number of nitrogens with one attached hydrogen (secondary N) is 1. The number of hydrogen-bond donors (Lipinski definition) is 1. The Hall–Kier alpha value is -3.28. The Morgan fingerprint density at radius 2 is 1.96 bits per heavy atom. The summed E-state index contributed by atoms with van der Waals surface area (Å²) in [4.78, 5) is 19.5. The Labute approximate surface area is 163 Å². The molecule has 3 aromatic rings. The number of imidazole rings is 1. The number of hydrogen-bond acceptors (Lipinski definition) is 7. The molecule has 0 saturated carbocycles. The minimum Gasteiger partial charge on any atom is -0.383 e. The van der Waals surface area contributed by atoms with Crippen LogP contribution < -0.4 is 10.2 Å². The van der Waals surface area contributed by atoms with Gasteiger partial charge >= 0.3 is 0 Å². The molecule has 3 aromatic heterocycles. The third-order valence-electron chi connectivity index (χ3n) is 4.41. The molecule has 0 unspecified atom stereocenters. The lowest BCUT2D eigenvalue weighted by Gasteiger charge is -2.33. The molecule has 4 heterocycles. The minimum atomic E-state index is 0.291. The van der Waals surface area contributed by atoms with Crippen LogP contribution in [0.2, 0.25) is 0 Å². The molecular weight excluding hydrogens is 354 g/mol. The average Bonchev–Trinajstić information content (AvgIpc) is 3.28. The van der Waals surface area contributed by atoms with E-state index in [0.717, 1.165) is 42.5 Å². The van der Waals surface area contributed by atoms with Crippen molar-refractivity contribution in [2.75, 3.05) is 38.3 Å². The van der Waals surface area contributed by atoms with Gasteiger partial charge in [0.05, 0.1) is 12.2 Å². The minimum absolute atomic E-state index is 0.291. The summed E-state index contributed by atoms with van der Waals surface area (Å²) in [5, 5.41) is 3.43. The van der Waals surface area contributed by atoms with Crippen molar-refractivity contribution >= 4 is 5.95 Å². The number of ether oxygens (including phenoxy) is 1. The lowest BCUT2D eigenvalue weighted by atomic mass is 10.2. The summed E-state index contributed by atoms with van der Waals surface area (Å²) < 4.78 is 7.07. The zero-order valence-electron chi connectivity index (χ0n) is 15.6. The summed E-state index contributed by atoms with van der Waals surface area (Å²) in [7, 11) is 1.71. The van der Waals surface area contributed by atoms with Gasteiger partial charge in [-0.25, -0.2) is 19.9 Å². The summed E-state index contributed by atoms with van der Waals surface area (Å²) in [5.41, 5.74) is 1.60. The highest BCUT2D eigenvalue weighted by molar-refractivity contribution is 5.43. The first kappa shape index (κ1) is 18.1. The molecule has 0 spiro atoms. The van der Waals surface area contributed by atoms with Crippen molar-refractivity contribution in [1.82, 2.24) is 29.8 Å². The Kier molecular flexibility index (Phi) is 5.56. The van der Waals surface area contributed by atoms with Crippen molar-refractivity contribution in [3.05, 3.63) is 60.6 Å². The van der Waals surface area contributed by atoms with Gasteiger partial charge in [-0.15, -0.1) is 0 Å². The first-order valence-electron chi connectivity index (χ1n) is 9.07. The van der Waals surface area contributed by atoms with Crippen LogP contribution in [0, 0.1) is 11.8 Å². The van der Waals surface area contributed by atoms with Crippen LogP contribution in [-0.2, 0) is 4.74 Å². The van der Waals surface area contributed by atoms with Gasteiger partial charge in [0, 0.05) is 69.3 Å². The standard InChI is InChI=1S/C20H21N7O/c1-28-14-18-13-26(9-7-22-18)20-24-11-17(12-25-20)3-2-16-4-5-19(23-10-16)27-8-6-21-15-27/h4-6,8,10-12,15,18,22H,7,9,13-14H2,1H3/t18-/m1/s1. The molecule has 1 atom stereocenters. The van der Waals surface area contributed by atoms with Crippen molar-refractivity contribution in [2.45, 2.75) is 6.04 Å². The molecule has 1 aliphatic heterocycles. The topological polar surface area (TPSA) is 81.0 Å². The zero-order chi connectivity index (χ0) is 19.2. The van der Waals surface area contributed by atoms with Gasteiger partial charge in [-0.3, -0.25) is 4.57 Å². The molecule has 0 amide bonds. The highest BCUT2D eigenvalue weighted by atomic mass is 16.5. The fourth-order valence-corrected chi connectivity index (χ4v) is 3.02. The second-order valence-corrected chi connectivity index (χ2v) is 6.45. The number of rotatable bonds is 4. The Balaban J connectivity index is 1.41. The van der Waals surface area contributed by atoms with Gasteiger partial charge in [-0.1, -0.05) is 11.8 Å². The fraction of sp³-hybridized carbons (Fsp3) is 0.300. The van der Waals surface area contributed by atoms with E-state index in [4.69, 9.17) is 4.74 Å². The molecule has 0 bridgehead atoms. The van der Waals surface area contributed by atoms with Crippen molar-refractivity contribution in [3.8, 4) is 17.7 Å². The summed E-state index contributed by atoms with van der Waals surface area (Å²) in [6.07, 6.45) is 10.5. The van der Waals surface area contributed by atoms with Crippen molar-refractivity contribution in [2.24, 2.45) is 0 Å². The van der Waals surface area contributed by atoms with Crippen molar-refractivity contribution < 1.29 is 4.74 Å². The lowest BCUT2D eigenvalue weighted by Crippen LogP contribution is -2.53. The highest BCUT2D eigenvalue weighted by Gasteiger charge is 2.20. The van der Waals surface area contributed by atoms with Crippen LogP contribution in [0.4, 0.5) is 5.95 Å². The van der Waals surface area contributed by atoms with Crippen LogP contribution in [0.15, 0.2) is 49.4 Å². The molecule has 4 rings (SSSR count). The van der Waals surface area contributed by atoms with Gasteiger partial charge < -0.3 is 15.0 Å². The summed E-state index contributed by atoms with van der Waals surface area (Å²) in [6, 6.07) is 4.13. The molecule has 8 heteroatoms. The summed E-state index contributed by atoms with van der Waals surface area (Å²) >= 11 is 0. The summed E-state index contributed by atoms with van der Waals surface area (Å²) in [5.74, 6) is 7.71. The molecule has 0 radical (unpaired) electrons. The van der Waals surface area contributed by atoms with Gasteiger partial charge in [0.2, 0.25) is 5.95 Å². The van der Waals surface area contributed by atoms with E-state index >= 15 is 0 Å². The van der Waals surface area contributed by atoms with Crippen molar-refractivity contribution in [3.63, 3.8) is 0 Å². The maximum atomic E-state index is 5.23. The number of methoxy groups -OCH3 is 1. The molecule has 1 N–H and O–H groups in total. The van der Waals surface area contributed by atoms with Crippen LogP contribution >= 0.6 is 0 Å². The quantitative estimate of drug-likeness (QED) is 0.678. The molecule has 0 aromatic carbocycles. The molecule has 142 valence electrons. The summed E-state index contributed by atoms with van der Waals surface area (Å²) in [6.45, 7) is 3.27. The number of piperazine rings is 1. The number of nitrogens with zero attached hydrogens (tertiary/aromatic N) is 6. The highest BCUT2D eigenvalue weighted by Crippen LogP contribution is 2.10. The maximum absolute atomic E-state index is 5.23. The normalized spacial score (nSPS) is 16.5. The van der Waals surface area contributed by atoms with Gasteiger partial charge in [-0.05, 0) is 12.1 Å². The largest absolute Gasteiger partial charge is 0.383 e. The van der Waals surface area contributed by atoms with E-state index in [1.54, 1.807) is 38.2 Å². The maximum Gasteiger partial charge on any atom is 0.225 e. The molecule has 8 nitrogen and oxygen atoms in total. The Bertz CT molecular complexity index is 941. The number of pyridine rings is 1. The van der Waals surface area contributed by atoms with E-state index in [9.17, 15) is 0 Å². The smallest absolute Gasteiger partial charge is 0.225 e. The van der Waals surface area contributed by atoms with E-state index in [-0.39, 0.29) is 0 Å². The van der Waals surface area contributed by atoms with E-state index in [2.05, 4.69) is 42.0 Å². The monoisotopic (exact) mass is 375 g/mol. The Morgan fingerprint density at radius 3 is 2.68 bits per heavy atom. The molecule has 1 aliphatic rings. The van der Waals surface area contributed by atoms with E-state index in [1.165, 1.54) is 0 Å². The van der Waals surface area contributed by atoms with E-state index < -0.39 is 0 Å². The fourth-order valence-electron chi connectivity index (χ4n) is 3.02. The first-order valence-corrected chi connectivity index (χ1v) is 9.07. The molecule has 0 aliphatic carbocycles. The number of aromatic nitrogens is 5. The van der Waals surface area contributed by atoms with E-state index in [0.29, 0.717) is 12.6 Å². The number of anilines is 1. The van der Waals surface area contributed by atoms with Gasteiger partial charge in [0.1, 0.15) is 12.1 Å². The van der Waals surface area contributed by atoms with Crippen molar-refractivity contribution in [1.29, 1.82) is 0 Å². The van der Waals surface area contributed by atoms with Crippen LogP contribution in [-0.4, -0.2) is 63.9 Å². The Morgan fingerprint density at radius 1 is 1.14 bits per heavy atom. The third kappa shape index (κ3) is 4.34. The van der Waals surface area contributed by atoms with Crippen LogP contribution in [0.3, 0.4) is 0 Å². The lowest BCUT2D eigenvalue weighted by molar-refractivity contribution is 0.163. The zero-order valence-corrected chi connectivity index (χ0v) is 15.6. The van der Waals surface area contributed by atoms with Crippen LogP contribution in [0.1, 0.15) is 11.1 Å². The van der Waals surface area contributed by atoms with Crippen LogP contribution in [0.5, 0.6) is 0 Å². The predicted octanol–water partition coefficient (Wildman–Crippen LogP) is 0.882. The first-order chi connectivity index (χ1) is 13.8. The third-order valence-corrected chi connectivity index (χ3v) is 4.41. The second kappa shape index (κ2) is 8.61. The molecule has 28 heavy (non-hydrogen) atoms. The van der Waals surface area contributed by atoms with Gasteiger partial charge in [0.15, 0.2) is 0 Å². The van der Waals surface area contributed by atoms with Gasteiger partial charge in [-0.2, -0.15) is 0 Å². The predicted molar refractivity (Wildman–Crippen MR) is 105 cm³/mol. The molecule has 1 fully saturated rings. The average molecular weight is 375 g/mol.